The first kappa shape index (κ1) is 16.7. The molecule has 4 heteroatoms. The lowest BCUT2D eigenvalue weighted by Crippen LogP contribution is -2.31. The molecule has 0 spiro atoms. The number of aryl methyl sites for hydroxylation is 2. The minimum atomic E-state index is -0.931. The van der Waals surface area contributed by atoms with E-state index in [1.54, 1.807) is 12.1 Å². The number of rotatable bonds is 5. The molecule has 2 rings (SSSR count). The maximum atomic E-state index is 12.4. The number of hydrogen-bond acceptors (Lipinski definition) is 3. The van der Waals surface area contributed by atoms with E-state index in [4.69, 9.17) is 4.74 Å². The van der Waals surface area contributed by atoms with Gasteiger partial charge in [0.2, 0.25) is 6.10 Å². The summed E-state index contributed by atoms with van der Waals surface area (Å²) in [6, 6.07) is 15.1. The number of carbonyl (C=O) groups is 2. The molecule has 0 saturated carbocycles. The standard InChI is InChI=1S/C19H21NO3/c1-13-9-10-17(14(2)11-13)12-20-19(22)18(23-15(3)21)16-7-5-4-6-8-16/h4-11,18H,12H2,1-3H3,(H,20,22)/t18-/m0/s1. The van der Waals surface area contributed by atoms with Gasteiger partial charge in [0, 0.05) is 19.0 Å². The summed E-state index contributed by atoms with van der Waals surface area (Å²) in [6.45, 7) is 5.74. The predicted octanol–water partition coefficient (Wildman–Crippen LogP) is 3.22. The van der Waals surface area contributed by atoms with Gasteiger partial charge in [-0.05, 0) is 25.0 Å². The molecule has 0 unspecified atom stereocenters. The van der Waals surface area contributed by atoms with E-state index >= 15 is 0 Å². The van der Waals surface area contributed by atoms with Gasteiger partial charge in [-0.1, -0.05) is 54.1 Å². The zero-order valence-electron chi connectivity index (χ0n) is 13.6. The van der Waals surface area contributed by atoms with Gasteiger partial charge in [-0.2, -0.15) is 0 Å². The van der Waals surface area contributed by atoms with Crippen LogP contribution in [0.25, 0.3) is 0 Å². The van der Waals surface area contributed by atoms with Gasteiger partial charge < -0.3 is 10.1 Å². The highest BCUT2D eigenvalue weighted by molar-refractivity contribution is 5.84. The Morgan fingerprint density at radius 2 is 1.78 bits per heavy atom. The minimum Gasteiger partial charge on any atom is -0.447 e. The second-order valence-corrected chi connectivity index (χ2v) is 5.55. The largest absolute Gasteiger partial charge is 0.447 e. The summed E-state index contributed by atoms with van der Waals surface area (Å²) in [5.74, 6) is -0.813. The first-order valence-corrected chi connectivity index (χ1v) is 7.53. The summed E-state index contributed by atoms with van der Waals surface area (Å²) in [4.78, 5) is 23.7. The molecule has 0 fully saturated rings. The van der Waals surface area contributed by atoms with Crippen LogP contribution < -0.4 is 5.32 Å². The fourth-order valence-electron chi connectivity index (χ4n) is 2.39. The SMILES string of the molecule is CC(=O)O[C@H](C(=O)NCc1ccc(C)cc1C)c1ccccc1. The number of esters is 1. The van der Waals surface area contributed by atoms with Crippen LogP contribution in [-0.4, -0.2) is 11.9 Å². The average molecular weight is 311 g/mol. The van der Waals surface area contributed by atoms with E-state index in [1.165, 1.54) is 12.5 Å². The van der Waals surface area contributed by atoms with Crippen molar-refractivity contribution < 1.29 is 14.3 Å². The first-order valence-electron chi connectivity index (χ1n) is 7.53. The zero-order valence-corrected chi connectivity index (χ0v) is 13.6. The van der Waals surface area contributed by atoms with Crippen LogP contribution in [0.5, 0.6) is 0 Å². The lowest BCUT2D eigenvalue weighted by atomic mass is 10.1. The Kier molecular flexibility index (Phi) is 5.52. The molecule has 0 saturated heterocycles. The van der Waals surface area contributed by atoms with Gasteiger partial charge in [-0.25, -0.2) is 0 Å². The second-order valence-electron chi connectivity index (χ2n) is 5.55. The van der Waals surface area contributed by atoms with Crippen molar-refractivity contribution in [2.75, 3.05) is 0 Å². The van der Waals surface area contributed by atoms with Crippen molar-refractivity contribution in [2.24, 2.45) is 0 Å². The van der Waals surface area contributed by atoms with Crippen molar-refractivity contribution in [1.29, 1.82) is 0 Å². The second kappa shape index (κ2) is 7.58. The fraction of sp³-hybridized carbons (Fsp3) is 0.263. The van der Waals surface area contributed by atoms with Crippen LogP contribution in [0.3, 0.4) is 0 Å². The van der Waals surface area contributed by atoms with Crippen LogP contribution in [-0.2, 0) is 20.9 Å². The van der Waals surface area contributed by atoms with Crippen LogP contribution in [0.1, 0.15) is 35.3 Å². The predicted molar refractivity (Wildman–Crippen MR) is 88.7 cm³/mol. The molecule has 0 aromatic heterocycles. The molecule has 0 aliphatic carbocycles. The molecule has 1 amide bonds. The Balaban J connectivity index is 2.10. The van der Waals surface area contributed by atoms with Crippen molar-refractivity contribution in [2.45, 2.75) is 33.4 Å². The van der Waals surface area contributed by atoms with Gasteiger partial charge >= 0.3 is 5.97 Å². The van der Waals surface area contributed by atoms with Gasteiger partial charge in [-0.3, -0.25) is 9.59 Å². The molecule has 120 valence electrons. The molecule has 2 aromatic rings. The summed E-state index contributed by atoms with van der Waals surface area (Å²) < 4.78 is 5.19. The third kappa shape index (κ3) is 4.68. The number of hydrogen-bond donors (Lipinski definition) is 1. The monoisotopic (exact) mass is 311 g/mol. The highest BCUT2D eigenvalue weighted by Crippen LogP contribution is 2.18. The molecule has 0 bridgehead atoms. The summed E-state index contributed by atoms with van der Waals surface area (Å²) in [7, 11) is 0. The number of carbonyl (C=O) groups excluding carboxylic acids is 2. The molecule has 0 radical (unpaired) electrons. The summed E-state index contributed by atoms with van der Waals surface area (Å²) in [5, 5.41) is 2.85. The van der Waals surface area contributed by atoms with Crippen LogP contribution in [0, 0.1) is 13.8 Å². The Labute approximate surface area is 136 Å². The fourth-order valence-corrected chi connectivity index (χ4v) is 2.39. The van der Waals surface area contributed by atoms with Gasteiger partial charge in [0.25, 0.3) is 5.91 Å². The molecule has 1 N–H and O–H groups in total. The quantitative estimate of drug-likeness (QED) is 0.863. The summed E-state index contributed by atoms with van der Waals surface area (Å²) >= 11 is 0. The molecule has 2 aromatic carbocycles. The molecular formula is C19H21NO3. The Hall–Kier alpha value is -2.62. The van der Waals surface area contributed by atoms with Crippen molar-refractivity contribution in [1.82, 2.24) is 5.32 Å². The average Bonchev–Trinajstić information content (AvgIpc) is 2.52. The first-order chi connectivity index (χ1) is 11.0. The Morgan fingerprint density at radius 3 is 2.39 bits per heavy atom. The molecule has 0 aliphatic rings. The minimum absolute atomic E-state index is 0.327. The third-order valence-corrected chi connectivity index (χ3v) is 3.58. The Bertz CT molecular complexity index is 695. The van der Waals surface area contributed by atoms with Gasteiger partial charge in [0.1, 0.15) is 0 Å². The van der Waals surface area contributed by atoms with E-state index in [0.29, 0.717) is 12.1 Å². The molecule has 4 nitrogen and oxygen atoms in total. The van der Waals surface area contributed by atoms with Gasteiger partial charge in [-0.15, -0.1) is 0 Å². The highest BCUT2D eigenvalue weighted by atomic mass is 16.5. The van der Waals surface area contributed by atoms with Crippen molar-refractivity contribution in [3.63, 3.8) is 0 Å². The van der Waals surface area contributed by atoms with E-state index in [0.717, 1.165) is 11.1 Å². The van der Waals surface area contributed by atoms with E-state index < -0.39 is 12.1 Å². The number of benzene rings is 2. The van der Waals surface area contributed by atoms with E-state index in [9.17, 15) is 9.59 Å². The van der Waals surface area contributed by atoms with Crippen molar-refractivity contribution >= 4 is 11.9 Å². The Morgan fingerprint density at radius 1 is 1.09 bits per heavy atom. The number of ether oxygens (including phenoxy) is 1. The lowest BCUT2D eigenvalue weighted by Gasteiger charge is -2.17. The van der Waals surface area contributed by atoms with E-state index in [2.05, 4.69) is 11.4 Å². The molecular weight excluding hydrogens is 290 g/mol. The van der Waals surface area contributed by atoms with Gasteiger partial charge in [0.15, 0.2) is 0 Å². The maximum absolute atomic E-state index is 12.4. The molecule has 0 heterocycles. The van der Waals surface area contributed by atoms with E-state index in [1.807, 2.05) is 44.2 Å². The van der Waals surface area contributed by atoms with Crippen molar-refractivity contribution in [3.05, 3.63) is 70.8 Å². The number of amides is 1. The zero-order chi connectivity index (χ0) is 16.8. The van der Waals surface area contributed by atoms with Crippen LogP contribution in [0.4, 0.5) is 0 Å². The van der Waals surface area contributed by atoms with Crippen LogP contribution >= 0.6 is 0 Å². The molecule has 0 aliphatic heterocycles. The third-order valence-electron chi connectivity index (χ3n) is 3.58. The lowest BCUT2D eigenvalue weighted by molar-refractivity contribution is -0.154. The topological polar surface area (TPSA) is 55.4 Å². The summed E-state index contributed by atoms with van der Waals surface area (Å²) in [5.41, 5.74) is 3.99. The smallest absolute Gasteiger partial charge is 0.303 e. The van der Waals surface area contributed by atoms with Crippen LogP contribution in [0.2, 0.25) is 0 Å². The highest BCUT2D eigenvalue weighted by Gasteiger charge is 2.23. The maximum Gasteiger partial charge on any atom is 0.303 e. The normalized spacial score (nSPS) is 11.6. The number of nitrogens with one attached hydrogen (secondary N) is 1. The molecule has 1 atom stereocenters. The summed E-state index contributed by atoms with van der Waals surface area (Å²) in [6.07, 6.45) is -0.931. The van der Waals surface area contributed by atoms with E-state index in [-0.39, 0.29) is 5.91 Å². The van der Waals surface area contributed by atoms with Crippen LogP contribution in [0.15, 0.2) is 48.5 Å². The van der Waals surface area contributed by atoms with Crippen molar-refractivity contribution in [3.8, 4) is 0 Å². The molecule has 23 heavy (non-hydrogen) atoms. The van der Waals surface area contributed by atoms with Gasteiger partial charge in [0.05, 0.1) is 0 Å².